The first-order valence-electron chi connectivity index (χ1n) is 16.3. The third kappa shape index (κ3) is 11.1. The van der Waals surface area contributed by atoms with Crippen molar-refractivity contribution >= 4 is 40.6 Å². The van der Waals surface area contributed by atoms with Crippen LogP contribution in [0.15, 0.2) is 30.5 Å². The molecule has 4 amide bonds. The van der Waals surface area contributed by atoms with Gasteiger partial charge in [0.25, 0.3) is 5.91 Å². The molecule has 2 aromatic rings. The van der Waals surface area contributed by atoms with E-state index < -0.39 is 48.4 Å². The van der Waals surface area contributed by atoms with Crippen molar-refractivity contribution in [1.29, 1.82) is 0 Å². The molecule has 1 fully saturated rings. The van der Waals surface area contributed by atoms with E-state index in [0.29, 0.717) is 29.3 Å². The summed E-state index contributed by atoms with van der Waals surface area (Å²) >= 11 is 0. The molecule has 1 aliphatic rings. The molecule has 12 nitrogen and oxygen atoms in total. The van der Waals surface area contributed by atoms with Gasteiger partial charge in [0.05, 0.1) is 17.5 Å². The van der Waals surface area contributed by atoms with Crippen LogP contribution in [-0.2, 0) is 20.8 Å². The molecule has 0 radical (unpaired) electrons. The molecule has 2 heterocycles. The summed E-state index contributed by atoms with van der Waals surface area (Å²) in [6.45, 7) is 11.0. The smallest absolute Gasteiger partial charge is 0.548 e. The second-order valence-corrected chi connectivity index (χ2v) is 13.7. The third-order valence-corrected chi connectivity index (χ3v) is 8.56. The molecule has 0 unspecified atom stereocenters. The Hall–Kier alpha value is -2.93. The number of nitrogens with one attached hydrogen (secondary N) is 3. The number of carbonyl (C=O) groups is 5. The summed E-state index contributed by atoms with van der Waals surface area (Å²) in [4.78, 5) is 67.4. The second kappa shape index (κ2) is 18.0. The van der Waals surface area contributed by atoms with E-state index >= 15 is 0 Å². The molecule has 0 spiro atoms. The molecule has 47 heavy (non-hydrogen) atoms. The van der Waals surface area contributed by atoms with E-state index in [1.54, 1.807) is 29.2 Å². The number of aliphatic carboxylic acids is 1. The minimum absolute atomic E-state index is 0. The minimum Gasteiger partial charge on any atom is -0.548 e. The molecule has 1 saturated heterocycles. The number of para-hydroxylation sites is 1. The van der Waals surface area contributed by atoms with Gasteiger partial charge in [-0.3, -0.25) is 19.0 Å². The van der Waals surface area contributed by atoms with Gasteiger partial charge in [-0.1, -0.05) is 58.7 Å². The van der Waals surface area contributed by atoms with Crippen LogP contribution in [0, 0.1) is 5.41 Å². The average molecular weight is 664 g/mol. The monoisotopic (exact) mass is 663 g/mol. The van der Waals surface area contributed by atoms with Crippen LogP contribution in [-0.4, -0.2) is 81.1 Å². The third-order valence-electron chi connectivity index (χ3n) is 8.56. The average Bonchev–Trinajstić information content (AvgIpc) is 3.35. The molecule has 0 saturated carbocycles. The molecule has 3 rings (SSSR count). The molecule has 4 N–H and O–H groups in total. The van der Waals surface area contributed by atoms with E-state index in [2.05, 4.69) is 16.0 Å². The predicted octanol–water partition coefficient (Wildman–Crippen LogP) is -0.493. The minimum atomic E-state index is -1.43. The zero-order chi connectivity index (χ0) is 34.2. The number of urea groups is 1. The van der Waals surface area contributed by atoms with Gasteiger partial charge in [0, 0.05) is 30.1 Å². The number of likely N-dealkylation sites (tertiary alicyclic amines) is 1. The Morgan fingerprint density at radius 1 is 0.957 bits per heavy atom. The Balaban J connectivity index is 0.00000768. The van der Waals surface area contributed by atoms with Gasteiger partial charge >= 0.3 is 35.6 Å². The first-order valence-corrected chi connectivity index (χ1v) is 16.3. The van der Waals surface area contributed by atoms with E-state index in [9.17, 15) is 34.2 Å². The van der Waals surface area contributed by atoms with E-state index in [1.165, 1.54) is 10.8 Å². The summed E-state index contributed by atoms with van der Waals surface area (Å²) in [5.74, 6) is -3.32. The Morgan fingerprint density at radius 3 is 2.13 bits per heavy atom. The van der Waals surface area contributed by atoms with Crippen molar-refractivity contribution in [2.45, 2.75) is 123 Å². The van der Waals surface area contributed by atoms with Gasteiger partial charge < -0.3 is 35.9 Å². The number of aliphatic hydroxyl groups excluding tert-OH is 1. The first kappa shape index (κ1) is 40.2. The molecule has 13 heteroatoms. The second-order valence-electron chi connectivity index (χ2n) is 13.7. The Morgan fingerprint density at radius 2 is 1.55 bits per heavy atom. The van der Waals surface area contributed by atoms with Gasteiger partial charge in [0.15, 0.2) is 0 Å². The number of hydrogen-bond acceptors (Lipinski definition) is 7. The van der Waals surface area contributed by atoms with E-state index in [-0.39, 0.29) is 72.3 Å². The number of aromatic nitrogens is 1. The number of unbranched alkanes of at least 4 members (excludes halogenated alkanes) is 1. The summed E-state index contributed by atoms with van der Waals surface area (Å²) in [5, 5.41) is 30.3. The number of benzene rings is 1. The summed E-state index contributed by atoms with van der Waals surface area (Å²) in [6.07, 6.45) is 5.84. The van der Waals surface area contributed by atoms with E-state index in [1.807, 2.05) is 41.5 Å². The van der Waals surface area contributed by atoms with Crippen LogP contribution in [0.4, 0.5) is 4.79 Å². The summed E-state index contributed by atoms with van der Waals surface area (Å²) in [5.41, 5.74) is 0.675. The van der Waals surface area contributed by atoms with Crippen molar-refractivity contribution < 1.29 is 63.7 Å². The van der Waals surface area contributed by atoms with Crippen LogP contribution >= 0.6 is 0 Å². The zero-order valence-corrected chi connectivity index (χ0v) is 30.9. The summed E-state index contributed by atoms with van der Waals surface area (Å²) < 4.78 is 1.29. The number of fused-ring (bicyclic) bond motifs is 1. The fourth-order valence-electron chi connectivity index (χ4n) is 6.19. The van der Waals surface area contributed by atoms with Crippen LogP contribution in [0.5, 0.6) is 0 Å². The number of amides is 4. The number of carboxylic acids is 1. The van der Waals surface area contributed by atoms with Crippen molar-refractivity contribution in [3.05, 3.63) is 36.0 Å². The zero-order valence-electron chi connectivity index (χ0n) is 28.9. The SMILES string of the molecule is CCCC[C@@H](NC(=O)[C@@H](Cc1cn(C(=O)CO)c2ccccc12)NC(=O)[C@H](CC(C)(C)C)NC(=O)N1[C@H](C)CCC[C@@H]1C)C(=O)[O-].[Na+]. The maximum atomic E-state index is 14.0. The molecule has 254 valence electrons. The normalized spacial score (nSPS) is 18.4. The predicted molar refractivity (Wildman–Crippen MR) is 173 cm³/mol. The topological polar surface area (TPSA) is 173 Å². The van der Waals surface area contributed by atoms with Crippen LogP contribution in [0.1, 0.15) is 96.8 Å². The molecular weight excluding hydrogens is 613 g/mol. The van der Waals surface area contributed by atoms with Crippen molar-refractivity contribution in [2.75, 3.05) is 6.61 Å². The fourth-order valence-corrected chi connectivity index (χ4v) is 6.19. The largest absolute Gasteiger partial charge is 1.00 e. The van der Waals surface area contributed by atoms with Crippen LogP contribution in [0.2, 0.25) is 0 Å². The Kier molecular flexibility index (Phi) is 15.4. The number of carboxylic acid groups (broad SMARTS) is 1. The van der Waals surface area contributed by atoms with Crippen molar-refractivity contribution in [3.63, 3.8) is 0 Å². The molecule has 1 aromatic heterocycles. The van der Waals surface area contributed by atoms with Gasteiger partial charge in [-0.25, -0.2) is 4.79 Å². The summed E-state index contributed by atoms with van der Waals surface area (Å²) in [6, 6.07) is 3.11. The number of hydrogen-bond donors (Lipinski definition) is 4. The van der Waals surface area contributed by atoms with Gasteiger partial charge in [-0.2, -0.15) is 0 Å². The van der Waals surface area contributed by atoms with Crippen molar-refractivity contribution in [1.82, 2.24) is 25.4 Å². The van der Waals surface area contributed by atoms with Gasteiger partial charge in [0.2, 0.25) is 11.8 Å². The number of piperidine rings is 1. The number of rotatable bonds is 13. The maximum Gasteiger partial charge on any atom is 1.00 e. The Labute approximate surface area is 299 Å². The quantitative estimate of drug-likeness (QED) is 0.209. The maximum absolute atomic E-state index is 14.0. The molecule has 1 aliphatic heterocycles. The van der Waals surface area contributed by atoms with E-state index in [0.717, 1.165) is 19.3 Å². The van der Waals surface area contributed by atoms with Crippen LogP contribution in [0.3, 0.4) is 0 Å². The van der Waals surface area contributed by atoms with Crippen molar-refractivity contribution in [2.24, 2.45) is 5.41 Å². The fraction of sp³-hybridized carbons (Fsp3) is 0.618. The first-order chi connectivity index (χ1) is 21.7. The van der Waals surface area contributed by atoms with Crippen LogP contribution in [0.25, 0.3) is 10.9 Å². The molecule has 5 atom stereocenters. The summed E-state index contributed by atoms with van der Waals surface area (Å²) in [7, 11) is 0. The standard InChI is InChI=1S/C34H51N5O7.Na/c1-7-8-15-25(32(44)45)35-30(42)26(17-23-19-38(29(41)20-40)28-16-10-9-14-24(23)28)36-31(43)27(18-34(4,5)6)37-33(46)39-21(2)12-11-13-22(39)3;/h9-10,14,16,19,21-22,25-27,40H,7-8,11-13,15,17-18,20H2,1-6H3,(H,35,42)(H,36,43)(H,37,46)(H,44,45);/q;+1/p-1/t21-,22+,25-,26-,27+;/m1./s1. The van der Waals surface area contributed by atoms with Crippen LogP contribution < -0.4 is 50.6 Å². The van der Waals surface area contributed by atoms with Gasteiger partial charge in [-0.15, -0.1) is 0 Å². The molecule has 0 aliphatic carbocycles. The van der Waals surface area contributed by atoms with Gasteiger partial charge in [0.1, 0.15) is 18.7 Å². The molecule has 1 aromatic carbocycles. The molecule has 0 bridgehead atoms. The van der Waals surface area contributed by atoms with Gasteiger partial charge in [-0.05, 0) is 63.0 Å². The number of nitrogens with zero attached hydrogens (tertiary/aromatic N) is 2. The molecular formula is C34H50N5NaO7. The van der Waals surface area contributed by atoms with E-state index in [4.69, 9.17) is 0 Å². The van der Waals surface area contributed by atoms with Crippen molar-refractivity contribution in [3.8, 4) is 0 Å². The Bertz CT molecular complexity index is 1390. The number of carbonyl (C=O) groups excluding carboxylic acids is 5. The number of aliphatic hydroxyl groups is 1.